The van der Waals surface area contributed by atoms with Crippen LogP contribution in [0.4, 0.5) is 10.5 Å². The number of piperidine rings is 1. The van der Waals surface area contributed by atoms with Crippen molar-refractivity contribution in [3.8, 4) is 0 Å². The summed E-state index contributed by atoms with van der Waals surface area (Å²) in [6.07, 6.45) is 3.11. The molecule has 0 aromatic heterocycles. The molecule has 0 aliphatic carbocycles. The number of hydrogen-bond donors (Lipinski definition) is 4. The first kappa shape index (κ1) is 18.3. The van der Waals surface area contributed by atoms with Crippen LogP contribution in [-0.2, 0) is 4.79 Å². The lowest BCUT2D eigenvalue weighted by atomic mass is 10.0. The van der Waals surface area contributed by atoms with Gasteiger partial charge in [0.15, 0.2) is 0 Å². The second-order valence-corrected chi connectivity index (χ2v) is 5.34. The van der Waals surface area contributed by atoms with E-state index in [9.17, 15) is 9.59 Å². The largest absolute Gasteiger partial charge is 0.351 e. The standard InChI is InChI=1S/C15H22N4O2.ClH/c1-10(18-14(20)13-4-2-3-9-17-13)11-5-7-12(8-6-11)19-15(16)21;/h5-8,10,13,17H,2-4,9H2,1H3,(H,18,20)(H3,16,19,21);1H. The number of urea groups is 1. The average molecular weight is 327 g/mol. The van der Waals surface area contributed by atoms with Crippen LogP contribution < -0.4 is 21.7 Å². The predicted molar refractivity (Wildman–Crippen MR) is 89.1 cm³/mol. The summed E-state index contributed by atoms with van der Waals surface area (Å²) in [4.78, 5) is 22.9. The van der Waals surface area contributed by atoms with E-state index in [1.54, 1.807) is 12.1 Å². The van der Waals surface area contributed by atoms with Gasteiger partial charge in [0, 0.05) is 5.69 Å². The Morgan fingerprint density at radius 3 is 2.50 bits per heavy atom. The van der Waals surface area contributed by atoms with Gasteiger partial charge in [-0.05, 0) is 44.0 Å². The number of primary amides is 1. The number of hydrogen-bond acceptors (Lipinski definition) is 3. The summed E-state index contributed by atoms with van der Waals surface area (Å²) in [7, 11) is 0. The third kappa shape index (κ3) is 5.20. The predicted octanol–water partition coefficient (Wildman–Crippen LogP) is 1.92. The number of carbonyl (C=O) groups excluding carboxylic acids is 2. The van der Waals surface area contributed by atoms with Crippen LogP contribution in [0, 0.1) is 0 Å². The summed E-state index contributed by atoms with van der Waals surface area (Å²) in [5.41, 5.74) is 6.68. The Bertz CT molecular complexity index is 501. The average Bonchev–Trinajstić information content (AvgIpc) is 2.48. The van der Waals surface area contributed by atoms with Crippen LogP contribution in [0.2, 0.25) is 0 Å². The SMILES string of the molecule is CC(NC(=O)C1CCCCN1)c1ccc(NC(N)=O)cc1.Cl. The van der Waals surface area contributed by atoms with Crippen molar-refractivity contribution in [2.75, 3.05) is 11.9 Å². The molecule has 0 saturated carbocycles. The van der Waals surface area contributed by atoms with Crippen LogP contribution in [0.15, 0.2) is 24.3 Å². The number of benzene rings is 1. The zero-order valence-corrected chi connectivity index (χ0v) is 13.4. The molecule has 2 atom stereocenters. The Kier molecular flexibility index (Phi) is 7.14. The van der Waals surface area contributed by atoms with Gasteiger partial charge in [0.25, 0.3) is 0 Å². The van der Waals surface area contributed by atoms with Crippen LogP contribution in [0.1, 0.15) is 37.8 Å². The fraction of sp³-hybridized carbons (Fsp3) is 0.467. The molecule has 2 rings (SSSR count). The summed E-state index contributed by atoms with van der Waals surface area (Å²) >= 11 is 0. The zero-order valence-electron chi connectivity index (χ0n) is 12.6. The first-order valence-electron chi connectivity index (χ1n) is 7.26. The maximum atomic E-state index is 12.1. The lowest BCUT2D eigenvalue weighted by Crippen LogP contribution is -2.47. The fourth-order valence-electron chi connectivity index (χ4n) is 2.47. The highest BCUT2D eigenvalue weighted by Gasteiger charge is 2.21. The van der Waals surface area contributed by atoms with Crippen LogP contribution in [-0.4, -0.2) is 24.5 Å². The van der Waals surface area contributed by atoms with Crippen molar-refractivity contribution in [1.29, 1.82) is 0 Å². The van der Waals surface area contributed by atoms with E-state index >= 15 is 0 Å². The zero-order chi connectivity index (χ0) is 15.2. The molecule has 7 heteroatoms. The Labute approximate surface area is 136 Å². The second kappa shape index (κ2) is 8.60. The molecule has 0 bridgehead atoms. The molecule has 1 aliphatic heterocycles. The monoisotopic (exact) mass is 326 g/mol. The van der Waals surface area contributed by atoms with Crippen LogP contribution in [0.25, 0.3) is 0 Å². The molecule has 1 aromatic rings. The number of carbonyl (C=O) groups is 2. The van der Waals surface area contributed by atoms with Gasteiger partial charge in [0.2, 0.25) is 5.91 Å². The summed E-state index contributed by atoms with van der Waals surface area (Å²) in [5.74, 6) is 0.0431. The van der Waals surface area contributed by atoms with Crippen LogP contribution in [0.5, 0.6) is 0 Å². The molecular formula is C15H23ClN4O2. The van der Waals surface area contributed by atoms with Gasteiger partial charge in [0.05, 0.1) is 12.1 Å². The van der Waals surface area contributed by atoms with Crippen LogP contribution >= 0.6 is 12.4 Å². The van der Waals surface area contributed by atoms with E-state index < -0.39 is 6.03 Å². The number of halogens is 1. The molecule has 3 amide bonds. The molecule has 6 nitrogen and oxygen atoms in total. The lowest BCUT2D eigenvalue weighted by molar-refractivity contribution is -0.124. The molecule has 2 unspecified atom stereocenters. The molecule has 1 aromatic carbocycles. The van der Waals surface area contributed by atoms with E-state index in [0.717, 1.165) is 31.4 Å². The van der Waals surface area contributed by atoms with Crippen molar-refractivity contribution < 1.29 is 9.59 Å². The maximum Gasteiger partial charge on any atom is 0.316 e. The van der Waals surface area contributed by atoms with Gasteiger partial charge in [-0.3, -0.25) is 4.79 Å². The second-order valence-electron chi connectivity index (χ2n) is 5.34. The summed E-state index contributed by atoms with van der Waals surface area (Å²) in [6.45, 7) is 2.84. The molecule has 1 saturated heterocycles. The van der Waals surface area contributed by atoms with Gasteiger partial charge in [0.1, 0.15) is 0 Å². The van der Waals surface area contributed by atoms with E-state index in [-0.39, 0.29) is 30.4 Å². The topological polar surface area (TPSA) is 96.2 Å². The van der Waals surface area contributed by atoms with Gasteiger partial charge in [-0.2, -0.15) is 0 Å². The van der Waals surface area contributed by atoms with Crippen molar-refractivity contribution in [3.05, 3.63) is 29.8 Å². The highest BCUT2D eigenvalue weighted by Crippen LogP contribution is 2.17. The smallest absolute Gasteiger partial charge is 0.316 e. The fourth-order valence-corrected chi connectivity index (χ4v) is 2.47. The van der Waals surface area contributed by atoms with Crippen LogP contribution in [0.3, 0.4) is 0 Å². The molecule has 0 radical (unpaired) electrons. The Hall–Kier alpha value is -1.79. The van der Waals surface area contributed by atoms with Crippen molar-refractivity contribution in [1.82, 2.24) is 10.6 Å². The molecule has 1 fully saturated rings. The Morgan fingerprint density at radius 1 is 1.27 bits per heavy atom. The van der Waals surface area contributed by atoms with Crippen molar-refractivity contribution in [3.63, 3.8) is 0 Å². The van der Waals surface area contributed by atoms with E-state index in [1.807, 2.05) is 19.1 Å². The first-order valence-corrected chi connectivity index (χ1v) is 7.26. The minimum Gasteiger partial charge on any atom is -0.351 e. The number of rotatable bonds is 4. The molecule has 122 valence electrons. The van der Waals surface area contributed by atoms with Gasteiger partial charge in [-0.15, -0.1) is 12.4 Å². The van der Waals surface area contributed by atoms with Gasteiger partial charge in [-0.1, -0.05) is 18.6 Å². The maximum absolute atomic E-state index is 12.1. The minimum absolute atomic E-state index is 0. The molecule has 1 heterocycles. The summed E-state index contributed by atoms with van der Waals surface area (Å²) in [5, 5.41) is 8.75. The molecule has 0 spiro atoms. The highest BCUT2D eigenvalue weighted by molar-refractivity contribution is 5.87. The molecular weight excluding hydrogens is 304 g/mol. The Morgan fingerprint density at radius 2 is 1.95 bits per heavy atom. The van der Waals surface area contributed by atoms with E-state index in [2.05, 4.69) is 16.0 Å². The first-order chi connectivity index (χ1) is 10.1. The number of amides is 3. The van der Waals surface area contributed by atoms with Crippen molar-refractivity contribution >= 4 is 30.0 Å². The summed E-state index contributed by atoms with van der Waals surface area (Å²) in [6, 6.07) is 6.51. The third-order valence-corrected chi connectivity index (χ3v) is 3.66. The van der Waals surface area contributed by atoms with Gasteiger partial charge >= 0.3 is 6.03 Å². The quantitative estimate of drug-likeness (QED) is 0.680. The third-order valence-electron chi connectivity index (χ3n) is 3.66. The van der Waals surface area contributed by atoms with E-state index in [1.165, 1.54) is 0 Å². The number of nitrogens with one attached hydrogen (secondary N) is 3. The molecule has 5 N–H and O–H groups in total. The lowest BCUT2D eigenvalue weighted by Gasteiger charge is -2.24. The van der Waals surface area contributed by atoms with Crippen molar-refractivity contribution in [2.45, 2.75) is 38.3 Å². The summed E-state index contributed by atoms with van der Waals surface area (Å²) < 4.78 is 0. The van der Waals surface area contributed by atoms with Crippen molar-refractivity contribution in [2.24, 2.45) is 5.73 Å². The number of anilines is 1. The normalized spacial score (nSPS) is 18.7. The van der Waals surface area contributed by atoms with Gasteiger partial charge in [-0.25, -0.2) is 4.79 Å². The highest BCUT2D eigenvalue weighted by atomic mass is 35.5. The van der Waals surface area contributed by atoms with Gasteiger partial charge < -0.3 is 21.7 Å². The molecule has 1 aliphatic rings. The van der Waals surface area contributed by atoms with E-state index in [0.29, 0.717) is 5.69 Å². The number of nitrogens with two attached hydrogens (primary N) is 1. The minimum atomic E-state index is -0.590. The Balaban J connectivity index is 0.00000242. The van der Waals surface area contributed by atoms with E-state index in [4.69, 9.17) is 5.73 Å². The molecule has 22 heavy (non-hydrogen) atoms.